The highest BCUT2D eigenvalue weighted by Crippen LogP contribution is 2.17. The second-order valence-corrected chi connectivity index (χ2v) is 8.08. The van der Waals surface area contributed by atoms with Gasteiger partial charge in [-0.05, 0) is 59.7 Å². The number of sulfonamides is 1. The fourth-order valence-corrected chi connectivity index (χ4v) is 3.16. The molecule has 0 spiro atoms. The summed E-state index contributed by atoms with van der Waals surface area (Å²) < 4.78 is 23.7. The van der Waals surface area contributed by atoms with E-state index < -0.39 is 15.3 Å². The Hall–Kier alpha value is -0.700. The topological polar surface area (TPSA) is 72.2 Å². The first-order valence-corrected chi connectivity index (χ1v) is 9.48. The standard InChI is InChI=1S/C15H19IN2O2S/c16-14-5-1-13(2-6-14)11-18-10-9-12-3-7-15(8-4-12)21(17,19)20/h1-7,15,18H,8-11H2,(H2,17,19,20). The average Bonchev–Trinajstić information content (AvgIpc) is 2.45. The molecule has 1 aromatic carbocycles. The van der Waals surface area contributed by atoms with Gasteiger partial charge in [0.25, 0.3) is 0 Å². The molecule has 1 unspecified atom stereocenters. The van der Waals surface area contributed by atoms with Gasteiger partial charge in [-0.25, -0.2) is 13.6 Å². The van der Waals surface area contributed by atoms with Crippen LogP contribution in [-0.4, -0.2) is 20.2 Å². The van der Waals surface area contributed by atoms with E-state index >= 15 is 0 Å². The third kappa shape index (κ3) is 5.54. The monoisotopic (exact) mass is 418 g/mol. The van der Waals surface area contributed by atoms with Gasteiger partial charge in [0.2, 0.25) is 10.0 Å². The van der Waals surface area contributed by atoms with Crippen LogP contribution in [0.5, 0.6) is 0 Å². The van der Waals surface area contributed by atoms with Crippen molar-refractivity contribution < 1.29 is 8.42 Å². The van der Waals surface area contributed by atoms with Gasteiger partial charge >= 0.3 is 0 Å². The van der Waals surface area contributed by atoms with Gasteiger partial charge in [-0.2, -0.15) is 0 Å². The molecule has 0 amide bonds. The van der Waals surface area contributed by atoms with E-state index in [1.807, 2.05) is 12.2 Å². The number of nitrogens with one attached hydrogen (secondary N) is 1. The fourth-order valence-electron chi connectivity index (χ4n) is 2.14. The molecule has 1 aliphatic carbocycles. The maximum atomic E-state index is 11.2. The van der Waals surface area contributed by atoms with Gasteiger partial charge in [-0.3, -0.25) is 0 Å². The smallest absolute Gasteiger partial charge is 0.215 e. The number of allylic oxidation sites excluding steroid dienone is 2. The lowest BCUT2D eigenvalue weighted by molar-refractivity contribution is 0.589. The summed E-state index contributed by atoms with van der Waals surface area (Å²) in [4.78, 5) is 0. The van der Waals surface area contributed by atoms with Crippen LogP contribution in [0.3, 0.4) is 0 Å². The largest absolute Gasteiger partial charge is 0.312 e. The van der Waals surface area contributed by atoms with Crippen molar-refractivity contribution in [2.24, 2.45) is 5.14 Å². The summed E-state index contributed by atoms with van der Waals surface area (Å²) in [7, 11) is -3.46. The Kier molecular flexibility index (Phi) is 5.98. The van der Waals surface area contributed by atoms with Gasteiger partial charge in [0.15, 0.2) is 0 Å². The van der Waals surface area contributed by atoms with E-state index in [4.69, 9.17) is 5.14 Å². The van der Waals surface area contributed by atoms with Crippen LogP contribution in [0.1, 0.15) is 18.4 Å². The number of halogens is 1. The SMILES string of the molecule is NS(=O)(=O)C1C=CC(CCNCc2ccc(I)cc2)=CC1. The molecule has 0 saturated heterocycles. The van der Waals surface area contributed by atoms with Crippen molar-refractivity contribution >= 4 is 32.6 Å². The molecule has 0 saturated carbocycles. The lowest BCUT2D eigenvalue weighted by Crippen LogP contribution is -2.27. The Morgan fingerprint density at radius 1 is 1.29 bits per heavy atom. The Labute approximate surface area is 139 Å². The minimum Gasteiger partial charge on any atom is -0.312 e. The van der Waals surface area contributed by atoms with Gasteiger partial charge < -0.3 is 5.32 Å². The van der Waals surface area contributed by atoms with Crippen molar-refractivity contribution in [1.29, 1.82) is 0 Å². The maximum Gasteiger partial charge on any atom is 0.215 e. The maximum absolute atomic E-state index is 11.2. The lowest BCUT2D eigenvalue weighted by atomic mass is 10.0. The third-order valence-corrected chi connectivity index (χ3v) is 5.30. The molecule has 2 rings (SSSR count). The molecule has 114 valence electrons. The van der Waals surface area contributed by atoms with Gasteiger partial charge in [0.1, 0.15) is 0 Å². The average molecular weight is 418 g/mol. The number of rotatable bonds is 6. The van der Waals surface area contributed by atoms with Crippen LogP contribution in [-0.2, 0) is 16.6 Å². The predicted molar refractivity (Wildman–Crippen MR) is 94.2 cm³/mol. The van der Waals surface area contributed by atoms with E-state index in [9.17, 15) is 8.42 Å². The van der Waals surface area contributed by atoms with Crippen LogP contribution < -0.4 is 10.5 Å². The van der Waals surface area contributed by atoms with Crippen LogP contribution >= 0.6 is 22.6 Å². The van der Waals surface area contributed by atoms with Crippen LogP contribution in [0.25, 0.3) is 0 Å². The molecular weight excluding hydrogens is 399 g/mol. The molecule has 1 atom stereocenters. The molecule has 0 bridgehead atoms. The highest BCUT2D eigenvalue weighted by atomic mass is 127. The van der Waals surface area contributed by atoms with Crippen molar-refractivity contribution in [2.45, 2.75) is 24.6 Å². The summed E-state index contributed by atoms with van der Waals surface area (Å²) in [6.07, 6.45) is 6.87. The Morgan fingerprint density at radius 2 is 2.00 bits per heavy atom. The summed E-state index contributed by atoms with van der Waals surface area (Å²) in [5.74, 6) is 0. The van der Waals surface area contributed by atoms with Crippen LogP contribution in [0.4, 0.5) is 0 Å². The zero-order valence-corrected chi connectivity index (χ0v) is 14.6. The molecule has 0 radical (unpaired) electrons. The van der Waals surface area contributed by atoms with E-state index in [-0.39, 0.29) is 0 Å². The minimum atomic E-state index is -3.46. The van der Waals surface area contributed by atoms with Gasteiger partial charge in [-0.1, -0.05) is 35.9 Å². The molecule has 21 heavy (non-hydrogen) atoms. The first kappa shape index (κ1) is 16.7. The minimum absolute atomic E-state index is 0.474. The van der Waals surface area contributed by atoms with Gasteiger partial charge in [0, 0.05) is 10.1 Å². The number of primary sulfonamides is 1. The summed E-state index contributed by atoms with van der Waals surface area (Å²) in [5, 5.41) is 7.95. The van der Waals surface area contributed by atoms with E-state index in [2.05, 4.69) is 52.2 Å². The molecule has 1 aromatic rings. The molecule has 0 fully saturated rings. The third-order valence-electron chi connectivity index (χ3n) is 3.39. The van der Waals surface area contributed by atoms with Crippen molar-refractivity contribution in [3.05, 3.63) is 57.2 Å². The number of nitrogens with two attached hydrogens (primary N) is 1. The number of hydrogen-bond acceptors (Lipinski definition) is 3. The Morgan fingerprint density at radius 3 is 2.57 bits per heavy atom. The normalized spacial score (nSPS) is 18.6. The van der Waals surface area contributed by atoms with Crippen LogP contribution in [0.2, 0.25) is 0 Å². The highest BCUT2D eigenvalue weighted by Gasteiger charge is 2.19. The second kappa shape index (κ2) is 7.53. The van der Waals surface area contributed by atoms with Gasteiger partial charge in [-0.15, -0.1) is 0 Å². The first-order valence-electron chi connectivity index (χ1n) is 6.79. The molecule has 0 aromatic heterocycles. The molecule has 0 heterocycles. The molecule has 6 heteroatoms. The van der Waals surface area contributed by atoms with Crippen LogP contribution in [0, 0.1) is 3.57 Å². The van der Waals surface area contributed by atoms with Crippen molar-refractivity contribution in [3.8, 4) is 0 Å². The van der Waals surface area contributed by atoms with E-state index in [0.717, 1.165) is 25.1 Å². The molecule has 1 aliphatic rings. The second-order valence-electron chi connectivity index (χ2n) is 5.05. The van der Waals surface area contributed by atoms with Crippen molar-refractivity contribution in [3.63, 3.8) is 0 Å². The van der Waals surface area contributed by atoms with Crippen molar-refractivity contribution in [1.82, 2.24) is 5.32 Å². The molecule has 4 nitrogen and oxygen atoms in total. The molecular formula is C15H19IN2O2S. The summed E-state index contributed by atoms with van der Waals surface area (Å²) >= 11 is 2.29. The van der Waals surface area contributed by atoms with E-state index in [0.29, 0.717) is 6.42 Å². The fraction of sp³-hybridized carbons (Fsp3) is 0.333. The molecule has 3 N–H and O–H groups in total. The number of hydrogen-bond donors (Lipinski definition) is 2. The quantitative estimate of drug-likeness (QED) is 0.550. The van der Waals surface area contributed by atoms with E-state index in [1.165, 1.54) is 9.13 Å². The summed E-state index contributed by atoms with van der Waals surface area (Å²) in [6.45, 7) is 1.70. The van der Waals surface area contributed by atoms with Gasteiger partial charge in [0.05, 0.1) is 5.25 Å². The highest BCUT2D eigenvalue weighted by molar-refractivity contribution is 14.1. The van der Waals surface area contributed by atoms with Crippen LogP contribution in [0.15, 0.2) is 48.1 Å². The predicted octanol–water partition coefficient (Wildman–Crippen LogP) is 2.31. The van der Waals surface area contributed by atoms with E-state index in [1.54, 1.807) is 6.08 Å². The molecule has 0 aliphatic heterocycles. The Bertz CT molecular complexity index is 636. The number of benzene rings is 1. The summed E-state index contributed by atoms with van der Waals surface area (Å²) in [5.41, 5.74) is 2.42. The zero-order chi connectivity index (χ0) is 15.3. The van der Waals surface area contributed by atoms with Crippen molar-refractivity contribution in [2.75, 3.05) is 6.54 Å². The zero-order valence-electron chi connectivity index (χ0n) is 11.6. The first-order chi connectivity index (χ1) is 9.95. The lowest BCUT2D eigenvalue weighted by Gasteiger charge is -2.14. The summed E-state index contributed by atoms with van der Waals surface area (Å²) in [6, 6.07) is 8.42. The Balaban J connectivity index is 1.72.